The van der Waals surface area contributed by atoms with Crippen LogP contribution in [0, 0.1) is 5.92 Å². The van der Waals surface area contributed by atoms with Gasteiger partial charge in [0, 0.05) is 62.4 Å². The number of aliphatic carboxylic acids is 2. The average molecular weight is 1760 g/mol. The number of primary amides is 1. The Morgan fingerprint density at radius 2 is 0.984 bits per heavy atom. The van der Waals surface area contributed by atoms with Crippen LogP contribution in [0.3, 0.4) is 0 Å². The summed E-state index contributed by atoms with van der Waals surface area (Å²) in [7, 11) is 0. The van der Waals surface area contributed by atoms with Gasteiger partial charge in [-0.25, -0.2) is 9.78 Å². The number of carbonyl (C=O) groups is 18. The maximum absolute atomic E-state index is 14.6. The minimum atomic E-state index is -2.03. The lowest BCUT2D eigenvalue weighted by Gasteiger charge is -2.31. The second-order valence-corrected chi connectivity index (χ2v) is 30.9. The zero-order valence-electron chi connectivity index (χ0n) is 68.2. The fraction of sp³-hybridized carbons (Fsp3) is 0.622. The number of aromatic hydroxyl groups is 1. The van der Waals surface area contributed by atoms with Gasteiger partial charge in [0.15, 0.2) is 5.96 Å². The quantitative estimate of drug-likeness (QED) is 0.0127. The van der Waals surface area contributed by atoms with E-state index >= 15 is 0 Å². The van der Waals surface area contributed by atoms with E-state index < -0.39 is 247 Å². The number of carbonyl (C=O) groups excluding carboxylic acids is 16. The average Bonchev–Trinajstić information content (AvgIpc) is 1.63. The highest BCUT2D eigenvalue weighted by Crippen LogP contribution is 2.24. The Morgan fingerprint density at radius 3 is 1.52 bits per heavy atom. The van der Waals surface area contributed by atoms with Gasteiger partial charge < -0.3 is 138 Å². The Balaban J connectivity index is 1.27. The first kappa shape index (κ1) is 101. The number of hydrogen-bond acceptors (Lipinski definition) is 27. The lowest BCUT2D eigenvalue weighted by molar-refractivity contribution is -0.144. The number of H-pyrrole nitrogens is 1. The van der Waals surface area contributed by atoms with Gasteiger partial charge >= 0.3 is 11.9 Å². The normalized spacial score (nSPS) is 18.4. The number of aromatic amines is 1. The number of hydrogen-bond donors (Lipinski definition) is 25. The van der Waals surface area contributed by atoms with Gasteiger partial charge in [-0.15, -0.1) is 0 Å². The molecule has 0 saturated carbocycles. The molecule has 3 saturated heterocycles. The third-order valence-corrected chi connectivity index (χ3v) is 20.9. The summed E-state index contributed by atoms with van der Waals surface area (Å²) in [5, 5.41) is 81.2. The Hall–Kier alpha value is -11.5. The van der Waals surface area contributed by atoms with Crippen molar-refractivity contribution in [3.8, 4) is 5.75 Å². The van der Waals surface area contributed by atoms with E-state index in [0.717, 1.165) is 21.6 Å². The molecule has 1 aromatic carbocycles. The number of unbranched alkanes of at least 4 members (excludes halogenated alkanes) is 1. The number of phenolic OH excluding ortho intramolecular Hbond substituents is 1. The second-order valence-electron chi connectivity index (χ2n) is 30.2. The van der Waals surface area contributed by atoms with Gasteiger partial charge in [0.1, 0.15) is 90.3 Å². The van der Waals surface area contributed by atoms with Crippen LogP contribution in [-0.2, 0) is 99.1 Å². The molecule has 4 unspecified atom stereocenters. The number of aliphatic imine (C=N–C) groups is 1. The fourth-order valence-corrected chi connectivity index (χ4v) is 14.1. The predicted molar refractivity (Wildman–Crippen MR) is 439 cm³/mol. The SMILES string of the molecule is CC(C)C(NC(=O)C1CCCN1C(=O)[C@H](CS)NC(=O)[C@H](CC(=O)O)NC(=O)[C@H](Cc1cnc[nH]1)NC(=O)[C@@H](NC(=O)[C@H](Cc1ccc(O)cc1)NC(=O)[C@@H]1CCCN1C(=O)CNC(=O)[C@H](CS)NC(=O)[C@@H]1CCCN1C(=O)[C@@H](NC(=O)[C@H](CC(N)=O)NC(=O)[C@H](C)N)[C@@H](C)O)[C@@H](C)O)C(=O)NC(CCCCN)C(=O)NC(CCCN=C(N)N)C(=O)O. The minimum absolute atomic E-state index is 0.0201. The van der Waals surface area contributed by atoms with Crippen molar-refractivity contribution in [2.24, 2.45) is 39.6 Å². The van der Waals surface area contributed by atoms with E-state index in [2.05, 4.69) is 104 Å². The first-order chi connectivity index (χ1) is 57.6. The van der Waals surface area contributed by atoms with E-state index in [1.54, 1.807) is 13.8 Å². The number of imidazole rings is 1. The summed E-state index contributed by atoms with van der Waals surface area (Å²) in [4.78, 5) is 260. The number of aliphatic hydroxyl groups is 2. The molecule has 676 valence electrons. The largest absolute Gasteiger partial charge is 0.508 e. The molecule has 0 aliphatic carbocycles. The maximum Gasteiger partial charge on any atom is 0.326 e. The van der Waals surface area contributed by atoms with Crippen LogP contribution < -0.4 is 92.5 Å². The topological polar surface area (TPSA) is 734 Å². The molecule has 3 aliphatic rings. The maximum atomic E-state index is 14.6. The highest BCUT2D eigenvalue weighted by molar-refractivity contribution is 7.80. The van der Waals surface area contributed by atoms with E-state index in [9.17, 15) is 112 Å². The number of nitrogens with zero attached hydrogens (tertiary/aromatic N) is 5. The molecule has 0 spiro atoms. The smallest absolute Gasteiger partial charge is 0.326 e. The van der Waals surface area contributed by atoms with Gasteiger partial charge in [0.2, 0.25) is 94.5 Å². The molecule has 0 bridgehead atoms. The van der Waals surface area contributed by atoms with Crippen LogP contribution in [0.1, 0.15) is 129 Å². The summed E-state index contributed by atoms with van der Waals surface area (Å²) < 4.78 is 0. The van der Waals surface area contributed by atoms with Crippen molar-refractivity contribution in [3.63, 3.8) is 0 Å². The van der Waals surface area contributed by atoms with Crippen molar-refractivity contribution >= 4 is 138 Å². The van der Waals surface area contributed by atoms with E-state index in [-0.39, 0.29) is 120 Å². The lowest BCUT2D eigenvalue weighted by Crippen LogP contribution is -2.62. The molecule has 48 heteroatoms. The number of amides is 16. The highest BCUT2D eigenvalue weighted by atomic mass is 32.1. The minimum Gasteiger partial charge on any atom is -0.508 e. The Kier molecular flexibility index (Phi) is 40.9. The van der Waals surface area contributed by atoms with Gasteiger partial charge in [-0.2, -0.15) is 25.3 Å². The monoisotopic (exact) mass is 1760 g/mol. The van der Waals surface area contributed by atoms with Crippen molar-refractivity contribution in [1.82, 2.24) is 88.5 Å². The van der Waals surface area contributed by atoms with Gasteiger partial charge in [-0.3, -0.25) is 86.5 Å². The van der Waals surface area contributed by atoms with Crippen LogP contribution in [-0.4, -0.2) is 316 Å². The summed E-state index contributed by atoms with van der Waals surface area (Å²) in [5.74, 6) is -20.5. The molecule has 1 aromatic heterocycles. The van der Waals surface area contributed by atoms with E-state index in [0.29, 0.717) is 18.4 Å². The van der Waals surface area contributed by atoms with E-state index in [1.165, 1.54) is 50.6 Å². The van der Waals surface area contributed by atoms with Crippen molar-refractivity contribution in [2.75, 3.05) is 50.8 Å². The number of nitrogens with one attached hydrogen (secondary N) is 13. The Morgan fingerprint density at radius 1 is 0.516 bits per heavy atom. The van der Waals surface area contributed by atoms with Crippen LogP contribution in [0.25, 0.3) is 0 Å². The molecule has 3 aliphatic heterocycles. The van der Waals surface area contributed by atoms with Crippen molar-refractivity contribution < 1.29 is 112 Å². The van der Waals surface area contributed by atoms with Crippen LogP contribution in [0.2, 0.25) is 0 Å². The number of carboxylic acid groups (broad SMARTS) is 2. The highest BCUT2D eigenvalue weighted by Gasteiger charge is 2.45. The molecule has 28 N–H and O–H groups in total. The first-order valence-electron chi connectivity index (χ1n) is 39.7. The standard InChI is InChI=1S/C74H115N23O23S2/c1-35(2)56(69(115)84-42(12-6-7-21-75)61(107)85-43(73(119)120)13-8-22-81-74(78)79)92-68(114)52-16-10-24-96(52)71(117)49(33-122)91-63(109)47(29-55(103)104)87-62(108)45(27-40-30-80-34-83-40)89-70(116)57(37(4)98)93-64(110)44(26-39-17-19-41(100)20-18-39)88-66(112)50-14-9-23-95(50)54(102)31-82-60(106)48(32-121)90-67(113)51-15-11-25-97(51)72(118)58(38(5)99)94-65(111)46(28-53(77)101)86-59(105)36(3)76/h17-20,30,34-38,42-52,56-58,98-100,121-122H,6-16,21-29,31-33,75-76H2,1-5H3,(H2,77,101)(H,80,83)(H,82,106)(H,84,115)(H,85,107)(H,86,105)(H,87,108)(H,88,112)(H,89,116)(H,90,113)(H,91,109)(H,92,114)(H,93,110)(H,94,111)(H,103,104)(H,119,120)(H4,78,79,81)/t36-,37+,38+,42?,43?,44-,45-,46-,47-,48-,49-,50-,51-,52?,56?,57-,58-/m0/s1. The molecule has 3 fully saturated rings. The fourth-order valence-electron chi connectivity index (χ4n) is 13.6. The number of rotatable bonds is 49. The predicted octanol–water partition coefficient (Wildman–Crippen LogP) is -9.44. The summed E-state index contributed by atoms with van der Waals surface area (Å²) in [6.45, 7) is 6.16. The number of benzene rings is 1. The van der Waals surface area contributed by atoms with Crippen LogP contribution in [0.15, 0.2) is 41.8 Å². The summed E-state index contributed by atoms with van der Waals surface area (Å²) >= 11 is 8.51. The number of phenols is 1. The molecular weight excluding hydrogens is 1640 g/mol. The second kappa shape index (κ2) is 49.4. The number of carboxylic acids is 2. The van der Waals surface area contributed by atoms with Crippen molar-refractivity contribution in [2.45, 2.75) is 234 Å². The summed E-state index contributed by atoms with van der Waals surface area (Å²) in [5.41, 5.74) is 27.8. The molecule has 17 atom stereocenters. The number of nitrogens with two attached hydrogens (primary N) is 5. The molecule has 5 rings (SSSR count). The molecule has 0 radical (unpaired) electrons. The molecule has 46 nitrogen and oxygen atoms in total. The van der Waals surface area contributed by atoms with E-state index in [4.69, 9.17) is 28.7 Å². The lowest BCUT2D eigenvalue weighted by atomic mass is 10.0. The number of guanidine groups is 1. The summed E-state index contributed by atoms with van der Waals surface area (Å²) in [6, 6.07) is -17.5. The summed E-state index contributed by atoms with van der Waals surface area (Å²) in [6.07, 6.45) is -1.87. The van der Waals surface area contributed by atoms with Gasteiger partial charge in [0.05, 0.1) is 44.0 Å². The third kappa shape index (κ3) is 31.2. The number of likely N-dealkylation sites (tertiary alicyclic amines) is 3. The number of aliphatic hydroxyl groups excluding tert-OH is 2. The van der Waals surface area contributed by atoms with Gasteiger partial charge in [-0.05, 0) is 122 Å². The molecule has 2 aromatic rings. The van der Waals surface area contributed by atoms with Crippen molar-refractivity contribution in [1.29, 1.82) is 0 Å². The van der Waals surface area contributed by atoms with Gasteiger partial charge in [0.25, 0.3) is 0 Å². The zero-order chi connectivity index (χ0) is 90.9. The van der Waals surface area contributed by atoms with Crippen LogP contribution in [0.5, 0.6) is 5.75 Å². The Bertz CT molecular complexity index is 4050. The van der Waals surface area contributed by atoms with Crippen LogP contribution in [0.4, 0.5) is 0 Å². The Labute approximate surface area is 712 Å². The third-order valence-electron chi connectivity index (χ3n) is 20.2. The van der Waals surface area contributed by atoms with Gasteiger partial charge in [-0.1, -0.05) is 26.0 Å². The van der Waals surface area contributed by atoms with Crippen molar-refractivity contribution in [3.05, 3.63) is 48.0 Å². The molecule has 4 heterocycles. The number of thiol groups is 2. The molecule has 122 heavy (non-hydrogen) atoms. The first-order valence-corrected chi connectivity index (χ1v) is 41.0. The molecular formula is C74H115N23O23S2. The number of aromatic nitrogens is 2. The van der Waals surface area contributed by atoms with Crippen LogP contribution >= 0.6 is 25.3 Å². The molecule has 16 amide bonds. The van der Waals surface area contributed by atoms with E-state index in [1.807, 2.05) is 0 Å². The zero-order valence-corrected chi connectivity index (χ0v) is 70.0.